The van der Waals surface area contributed by atoms with Crippen LogP contribution in [-0.2, 0) is 5.41 Å². The molecule has 0 spiro atoms. The Bertz CT molecular complexity index is 1340. The Kier molecular flexibility index (Phi) is 4.54. The first-order valence-electron chi connectivity index (χ1n) is 10.5. The zero-order chi connectivity index (χ0) is 23.5. The van der Waals surface area contributed by atoms with Crippen LogP contribution >= 0.6 is 0 Å². The molecule has 5 rings (SSSR count). The highest BCUT2D eigenvalue weighted by molar-refractivity contribution is 6.29. The molecular formula is C26H22N2O5. The SMILES string of the molecule is CC1(C)c2ccc(C(=O)O)c3c2C(=CC1O)N(c1ccc(O)cc1)C3=Nc1ccc(O)cc1. The minimum Gasteiger partial charge on any atom is -0.508 e. The number of aliphatic imine (C=N–C) groups is 1. The van der Waals surface area contributed by atoms with Crippen LogP contribution in [0.4, 0.5) is 11.4 Å². The van der Waals surface area contributed by atoms with Crippen LogP contribution in [0.3, 0.4) is 0 Å². The topological polar surface area (TPSA) is 114 Å². The molecule has 1 heterocycles. The summed E-state index contributed by atoms with van der Waals surface area (Å²) in [5.41, 5.74) is 3.29. The fourth-order valence-corrected chi connectivity index (χ4v) is 4.45. The average molecular weight is 442 g/mol. The Labute approximate surface area is 190 Å². The molecule has 1 aliphatic heterocycles. The molecule has 0 amide bonds. The number of aliphatic hydroxyl groups excluding tert-OH is 1. The number of nitrogens with zero attached hydrogens (tertiary/aromatic N) is 2. The highest BCUT2D eigenvalue weighted by atomic mass is 16.4. The van der Waals surface area contributed by atoms with Crippen molar-refractivity contribution in [3.8, 4) is 11.5 Å². The molecule has 7 nitrogen and oxygen atoms in total. The number of carboxylic acids is 1. The van der Waals surface area contributed by atoms with Crippen LogP contribution in [0.15, 0.2) is 71.7 Å². The number of aromatic carboxylic acids is 1. The minimum absolute atomic E-state index is 0.0954. The van der Waals surface area contributed by atoms with Gasteiger partial charge in [-0.1, -0.05) is 19.9 Å². The monoisotopic (exact) mass is 442 g/mol. The fourth-order valence-electron chi connectivity index (χ4n) is 4.45. The van der Waals surface area contributed by atoms with Gasteiger partial charge < -0.3 is 20.4 Å². The molecule has 3 aromatic carbocycles. The molecule has 1 unspecified atom stereocenters. The van der Waals surface area contributed by atoms with E-state index < -0.39 is 17.5 Å². The molecule has 7 heteroatoms. The van der Waals surface area contributed by atoms with Crippen molar-refractivity contribution >= 4 is 28.9 Å². The van der Waals surface area contributed by atoms with Crippen LogP contribution in [0.1, 0.15) is 40.9 Å². The normalized spacial score (nSPS) is 19.4. The Hall–Kier alpha value is -4.10. The second-order valence-electron chi connectivity index (χ2n) is 8.74. The number of rotatable bonds is 3. The number of aliphatic hydroxyl groups is 1. The molecule has 0 fully saturated rings. The van der Waals surface area contributed by atoms with Gasteiger partial charge in [-0.05, 0) is 66.2 Å². The summed E-state index contributed by atoms with van der Waals surface area (Å²) in [6, 6.07) is 16.1. The molecule has 0 bridgehead atoms. The predicted octanol–water partition coefficient (Wildman–Crippen LogP) is 4.39. The van der Waals surface area contributed by atoms with Gasteiger partial charge in [0.15, 0.2) is 0 Å². The molecule has 0 aromatic heterocycles. The molecule has 2 aliphatic rings. The van der Waals surface area contributed by atoms with Crippen molar-refractivity contribution < 1.29 is 25.2 Å². The van der Waals surface area contributed by atoms with Gasteiger partial charge in [-0.15, -0.1) is 0 Å². The Morgan fingerprint density at radius 3 is 2.12 bits per heavy atom. The number of aromatic hydroxyl groups is 2. The second kappa shape index (κ2) is 7.21. The van der Waals surface area contributed by atoms with Crippen molar-refractivity contribution in [2.75, 3.05) is 4.90 Å². The smallest absolute Gasteiger partial charge is 0.336 e. The van der Waals surface area contributed by atoms with Gasteiger partial charge in [0.2, 0.25) is 0 Å². The molecule has 33 heavy (non-hydrogen) atoms. The summed E-state index contributed by atoms with van der Waals surface area (Å²) in [6.07, 6.45) is 0.917. The second-order valence-corrected chi connectivity index (χ2v) is 8.74. The van der Waals surface area contributed by atoms with Crippen molar-refractivity contribution in [2.45, 2.75) is 25.4 Å². The lowest BCUT2D eigenvalue weighted by molar-refractivity contribution is 0.0696. The standard InChI is InChI=1S/C26H22N2O5/c1-26(2)19-12-11-18(25(32)33)22-23(19)20(13-21(26)31)28(15-5-9-17(30)10-6-15)24(22)27-14-3-7-16(29)8-4-14/h3-13,21,29-31H,1-2H3,(H,32,33). The molecule has 3 aromatic rings. The molecule has 166 valence electrons. The van der Waals surface area contributed by atoms with E-state index in [1.54, 1.807) is 59.5 Å². The zero-order valence-corrected chi connectivity index (χ0v) is 18.0. The van der Waals surface area contributed by atoms with E-state index >= 15 is 0 Å². The summed E-state index contributed by atoms with van der Waals surface area (Å²) in [5, 5.41) is 40.4. The van der Waals surface area contributed by atoms with Crippen LogP contribution in [0.25, 0.3) is 5.70 Å². The van der Waals surface area contributed by atoms with E-state index in [-0.39, 0.29) is 17.1 Å². The first-order valence-corrected chi connectivity index (χ1v) is 10.5. The van der Waals surface area contributed by atoms with Crippen molar-refractivity contribution in [1.82, 2.24) is 0 Å². The number of hydrogen-bond donors (Lipinski definition) is 4. The van der Waals surface area contributed by atoms with Gasteiger partial charge >= 0.3 is 5.97 Å². The van der Waals surface area contributed by atoms with E-state index in [2.05, 4.69) is 0 Å². The zero-order valence-electron chi connectivity index (χ0n) is 18.0. The van der Waals surface area contributed by atoms with E-state index in [1.165, 1.54) is 12.1 Å². The molecule has 1 atom stereocenters. The van der Waals surface area contributed by atoms with Crippen LogP contribution < -0.4 is 4.90 Å². The highest BCUT2D eigenvalue weighted by Gasteiger charge is 2.45. The molecule has 4 N–H and O–H groups in total. The third kappa shape index (κ3) is 3.16. The number of amidine groups is 1. The molecule has 0 saturated carbocycles. The lowest BCUT2D eigenvalue weighted by atomic mass is 9.72. The quantitative estimate of drug-likeness (QED) is 0.479. The number of hydrogen-bond acceptors (Lipinski definition) is 5. The van der Waals surface area contributed by atoms with E-state index in [9.17, 15) is 25.2 Å². The molecule has 0 saturated heterocycles. The van der Waals surface area contributed by atoms with Crippen LogP contribution in [0.2, 0.25) is 0 Å². The van der Waals surface area contributed by atoms with Crippen molar-refractivity contribution in [3.63, 3.8) is 0 Å². The van der Waals surface area contributed by atoms with Crippen molar-refractivity contribution in [3.05, 3.63) is 89.0 Å². The molecule has 0 radical (unpaired) electrons. The third-order valence-electron chi connectivity index (χ3n) is 6.31. The largest absolute Gasteiger partial charge is 0.508 e. The number of benzene rings is 3. The maximum atomic E-state index is 12.2. The van der Waals surface area contributed by atoms with E-state index in [0.717, 1.165) is 11.1 Å². The maximum Gasteiger partial charge on any atom is 0.336 e. The Morgan fingerprint density at radius 2 is 1.52 bits per heavy atom. The summed E-state index contributed by atoms with van der Waals surface area (Å²) >= 11 is 0. The van der Waals surface area contributed by atoms with Crippen LogP contribution in [-0.4, -0.2) is 38.3 Å². The number of phenolic OH excluding ortho intramolecular Hbond substituents is 2. The minimum atomic E-state index is -1.08. The summed E-state index contributed by atoms with van der Waals surface area (Å²) < 4.78 is 0. The van der Waals surface area contributed by atoms with Gasteiger partial charge in [0.1, 0.15) is 17.3 Å². The maximum absolute atomic E-state index is 12.2. The summed E-state index contributed by atoms with van der Waals surface area (Å²) in [5.74, 6) is -0.505. The Balaban J connectivity index is 1.86. The number of anilines is 1. The van der Waals surface area contributed by atoms with Gasteiger partial charge in [0.25, 0.3) is 0 Å². The lowest BCUT2D eigenvalue weighted by Gasteiger charge is -2.36. The summed E-state index contributed by atoms with van der Waals surface area (Å²) in [6.45, 7) is 3.84. The highest BCUT2D eigenvalue weighted by Crippen LogP contribution is 2.49. The van der Waals surface area contributed by atoms with Crippen LogP contribution in [0, 0.1) is 0 Å². The summed E-state index contributed by atoms with van der Waals surface area (Å²) in [4.78, 5) is 18.8. The van der Waals surface area contributed by atoms with Crippen LogP contribution in [0.5, 0.6) is 11.5 Å². The number of carbonyl (C=O) groups is 1. The van der Waals surface area contributed by atoms with E-state index in [0.29, 0.717) is 28.5 Å². The summed E-state index contributed by atoms with van der Waals surface area (Å²) in [7, 11) is 0. The van der Waals surface area contributed by atoms with Gasteiger partial charge in [-0.2, -0.15) is 0 Å². The van der Waals surface area contributed by atoms with E-state index in [1.807, 2.05) is 13.8 Å². The van der Waals surface area contributed by atoms with Gasteiger partial charge in [0.05, 0.1) is 23.1 Å². The fraction of sp³-hybridized carbons (Fsp3) is 0.154. The van der Waals surface area contributed by atoms with Gasteiger partial charge in [0, 0.05) is 22.2 Å². The first kappa shape index (κ1) is 20.8. The number of carboxylic acid groups (broad SMARTS) is 1. The third-order valence-corrected chi connectivity index (χ3v) is 6.31. The first-order chi connectivity index (χ1) is 15.7. The van der Waals surface area contributed by atoms with Gasteiger partial charge in [-0.25, -0.2) is 9.79 Å². The predicted molar refractivity (Wildman–Crippen MR) is 125 cm³/mol. The van der Waals surface area contributed by atoms with Crippen molar-refractivity contribution in [2.24, 2.45) is 4.99 Å². The molecule has 1 aliphatic carbocycles. The number of phenols is 2. The Morgan fingerprint density at radius 1 is 0.909 bits per heavy atom. The van der Waals surface area contributed by atoms with E-state index in [4.69, 9.17) is 4.99 Å². The average Bonchev–Trinajstić information content (AvgIpc) is 3.08. The van der Waals surface area contributed by atoms with Gasteiger partial charge in [-0.3, -0.25) is 4.90 Å². The lowest BCUT2D eigenvalue weighted by Crippen LogP contribution is -2.37. The van der Waals surface area contributed by atoms with Crippen molar-refractivity contribution in [1.29, 1.82) is 0 Å². The molecular weight excluding hydrogens is 420 g/mol.